The molecule has 2 aliphatic rings. The molecule has 3 heterocycles. The molecule has 0 aliphatic carbocycles. The minimum atomic E-state index is -1.85. The van der Waals surface area contributed by atoms with Gasteiger partial charge in [0.15, 0.2) is 12.3 Å². The summed E-state index contributed by atoms with van der Waals surface area (Å²) in [4.78, 5) is 48.6. The van der Waals surface area contributed by atoms with Crippen LogP contribution in [-0.4, -0.2) is 91.9 Å². The maximum Gasteiger partial charge on any atom is 0.371 e. The van der Waals surface area contributed by atoms with E-state index in [1.807, 2.05) is 4.98 Å². The predicted molar refractivity (Wildman–Crippen MR) is 98.7 cm³/mol. The van der Waals surface area contributed by atoms with Crippen LogP contribution in [0.15, 0.2) is 33.7 Å². The number of ether oxygens (including phenoxy) is 4. The molecule has 0 radical (unpaired) electrons. The van der Waals surface area contributed by atoms with Gasteiger partial charge in [-0.2, -0.15) is 0 Å². The Morgan fingerprint density at radius 3 is 2.50 bits per heavy atom. The van der Waals surface area contributed by atoms with E-state index in [1.54, 1.807) is 0 Å². The first-order valence-corrected chi connectivity index (χ1v) is 9.15. The lowest BCUT2D eigenvalue weighted by Gasteiger charge is -2.34. The highest BCUT2D eigenvalue weighted by atomic mass is 16.7. The third-order valence-electron chi connectivity index (χ3n) is 4.91. The van der Waals surface area contributed by atoms with Crippen LogP contribution < -0.4 is 17.0 Å². The Morgan fingerprint density at radius 2 is 1.94 bits per heavy atom. The molecule has 0 aromatic carbocycles. The Balaban J connectivity index is 1.89. The number of aromatic amines is 1. The van der Waals surface area contributed by atoms with Crippen molar-refractivity contribution < 1.29 is 49.0 Å². The van der Waals surface area contributed by atoms with E-state index in [2.05, 4.69) is 0 Å². The van der Waals surface area contributed by atoms with E-state index in [0.29, 0.717) is 0 Å². The van der Waals surface area contributed by atoms with Crippen molar-refractivity contribution in [3.8, 4) is 0 Å². The molecule has 0 saturated carbocycles. The first-order chi connectivity index (χ1) is 15.0. The molecule has 3 rings (SSSR count). The molecule has 15 heteroatoms. The highest BCUT2D eigenvalue weighted by Gasteiger charge is 2.52. The summed E-state index contributed by atoms with van der Waals surface area (Å²) >= 11 is 0. The minimum Gasteiger partial charge on any atom is -0.475 e. The van der Waals surface area contributed by atoms with Crippen LogP contribution in [0.1, 0.15) is 6.23 Å². The second-order valence-electron chi connectivity index (χ2n) is 6.96. The quantitative estimate of drug-likeness (QED) is 0.227. The molecule has 176 valence electrons. The van der Waals surface area contributed by atoms with Crippen LogP contribution in [-0.2, 0) is 28.5 Å². The molecule has 7 N–H and O–H groups in total. The molecule has 1 aromatic heterocycles. The maximum absolute atomic E-state index is 12.1. The zero-order valence-electron chi connectivity index (χ0n) is 16.4. The number of aromatic nitrogens is 2. The maximum atomic E-state index is 12.1. The average molecular weight is 459 g/mol. The molecular weight excluding hydrogens is 438 g/mol. The highest BCUT2D eigenvalue weighted by Crippen LogP contribution is 2.34. The Hall–Kier alpha value is -3.08. The number of rotatable bonds is 7. The summed E-state index contributed by atoms with van der Waals surface area (Å²) in [6.45, 7) is 0. The van der Waals surface area contributed by atoms with E-state index >= 15 is 0 Å². The van der Waals surface area contributed by atoms with Crippen molar-refractivity contribution in [2.75, 3.05) is 7.11 Å². The summed E-state index contributed by atoms with van der Waals surface area (Å²) in [7, 11) is 1.17. The number of hydrogen-bond acceptors (Lipinski definition) is 11. The summed E-state index contributed by atoms with van der Waals surface area (Å²) in [6, 6.07) is 1.00. The number of carboxylic acid groups (broad SMARTS) is 1. The Labute approximate surface area is 178 Å². The van der Waals surface area contributed by atoms with Crippen molar-refractivity contribution in [1.29, 1.82) is 0 Å². The summed E-state index contributed by atoms with van der Waals surface area (Å²) in [5.41, 5.74) is 3.77. The summed E-state index contributed by atoms with van der Waals surface area (Å²) < 4.78 is 21.9. The lowest BCUT2D eigenvalue weighted by molar-refractivity contribution is -0.242. The monoisotopic (exact) mass is 459 g/mol. The number of amides is 1. The molecular formula is C17H21N3O12. The fraction of sp³-hybridized carbons (Fsp3) is 0.529. The molecule has 0 bridgehead atoms. The SMILES string of the molecule is CO[C@H]1[C@@H](O)[C@H](n2ccc(=O)[nH]c2=O)O[C@@H]1[C@H](O[C@H]1OC(C(=O)O)=C[C@H](O)[C@@H]1O)C(N)=O. The van der Waals surface area contributed by atoms with Gasteiger partial charge in [-0.25, -0.2) is 9.59 Å². The van der Waals surface area contributed by atoms with Crippen molar-refractivity contribution in [3.63, 3.8) is 0 Å². The second-order valence-corrected chi connectivity index (χ2v) is 6.96. The molecule has 1 aromatic rings. The number of aliphatic carboxylic acids is 1. The number of H-pyrrole nitrogens is 1. The molecule has 1 saturated heterocycles. The number of carbonyl (C=O) groups excluding carboxylic acids is 1. The van der Waals surface area contributed by atoms with Crippen LogP contribution in [0.5, 0.6) is 0 Å². The minimum absolute atomic E-state index is 0.693. The van der Waals surface area contributed by atoms with E-state index in [1.165, 1.54) is 7.11 Å². The third-order valence-corrected chi connectivity index (χ3v) is 4.91. The number of nitrogens with zero attached hydrogens (tertiary/aromatic N) is 1. The van der Waals surface area contributed by atoms with E-state index in [4.69, 9.17) is 29.8 Å². The number of nitrogens with one attached hydrogen (secondary N) is 1. The lowest BCUT2D eigenvalue weighted by Crippen LogP contribution is -2.53. The van der Waals surface area contributed by atoms with Crippen molar-refractivity contribution >= 4 is 11.9 Å². The molecule has 1 fully saturated rings. The van der Waals surface area contributed by atoms with Gasteiger partial charge < -0.3 is 45.1 Å². The lowest BCUT2D eigenvalue weighted by atomic mass is 10.0. The van der Waals surface area contributed by atoms with Gasteiger partial charge in [0.05, 0.1) is 0 Å². The topological polar surface area (TPSA) is 233 Å². The fourth-order valence-corrected chi connectivity index (χ4v) is 3.38. The number of nitrogens with two attached hydrogens (primary N) is 1. The van der Waals surface area contributed by atoms with Crippen LogP contribution in [0.2, 0.25) is 0 Å². The van der Waals surface area contributed by atoms with Crippen molar-refractivity contribution in [1.82, 2.24) is 9.55 Å². The van der Waals surface area contributed by atoms with E-state index in [0.717, 1.165) is 22.9 Å². The van der Waals surface area contributed by atoms with Crippen LogP contribution in [0, 0.1) is 0 Å². The van der Waals surface area contributed by atoms with Crippen molar-refractivity contribution in [2.45, 2.75) is 49.1 Å². The standard InChI is InChI=1S/C17H21N3O12/c1-29-10-9(24)14(20-3-2-7(22)19-17(20)28)31-11(10)12(13(18)25)32-16-8(23)5(21)4-6(30-16)15(26)27/h2-5,8-12,14,16,21,23-24H,1H3,(H2,18,25)(H,26,27)(H,19,22,28)/t5-,8-,9+,10-,11-,12-,14+,16+/m0/s1. The third kappa shape index (κ3) is 4.43. The fourth-order valence-electron chi connectivity index (χ4n) is 3.38. The number of methoxy groups -OCH3 is 1. The summed E-state index contributed by atoms with van der Waals surface area (Å²) in [5.74, 6) is -3.49. The smallest absolute Gasteiger partial charge is 0.371 e. The van der Waals surface area contributed by atoms with Gasteiger partial charge in [0, 0.05) is 19.4 Å². The Kier molecular flexibility index (Phi) is 6.77. The van der Waals surface area contributed by atoms with E-state index < -0.39 is 78.0 Å². The van der Waals surface area contributed by atoms with E-state index in [-0.39, 0.29) is 0 Å². The van der Waals surface area contributed by atoms with Gasteiger partial charge in [-0.05, 0) is 6.08 Å². The van der Waals surface area contributed by atoms with Gasteiger partial charge in [0.2, 0.25) is 18.0 Å². The van der Waals surface area contributed by atoms with Crippen LogP contribution in [0.25, 0.3) is 0 Å². The van der Waals surface area contributed by atoms with Crippen LogP contribution in [0.3, 0.4) is 0 Å². The van der Waals surface area contributed by atoms with Gasteiger partial charge in [-0.1, -0.05) is 0 Å². The molecule has 2 aliphatic heterocycles. The molecule has 15 nitrogen and oxygen atoms in total. The van der Waals surface area contributed by atoms with Gasteiger partial charge in [0.25, 0.3) is 5.56 Å². The zero-order valence-corrected chi connectivity index (χ0v) is 16.4. The number of carboxylic acids is 1. The zero-order chi connectivity index (χ0) is 23.7. The number of carbonyl (C=O) groups is 2. The number of aliphatic hydroxyl groups excluding tert-OH is 3. The first kappa shape index (κ1) is 23.6. The molecule has 8 atom stereocenters. The molecule has 1 amide bonds. The number of primary amides is 1. The second kappa shape index (κ2) is 9.19. The highest BCUT2D eigenvalue weighted by molar-refractivity contribution is 5.84. The first-order valence-electron chi connectivity index (χ1n) is 9.15. The summed E-state index contributed by atoms with van der Waals surface area (Å²) in [6.07, 6.45) is -11.1. The normalized spacial score (nSPS) is 33.2. The summed E-state index contributed by atoms with van der Waals surface area (Å²) in [5, 5.41) is 39.6. The predicted octanol–water partition coefficient (Wildman–Crippen LogP) is -4.27. The van der Waals surface area contributed by atoms with Crippen LogP contribution in [0.4, 0.5) is 0 Å². The van der Waals surface area contributed by atoms with Crippen molar-refractivity contribution in [2.24, 2.45) is 5.73 Å². The van der Waals surface area contributed by atoms with Gasteiger partial charge in [-0.15, -0.1) is 0 Å². The molecule has 0 unspecified atom stereocenters. The van der Waals surface area contributed by atoms with E-state index in [9.17, 15) is 34.5 Å². The van der Waals surface area contributed by atoms with Crippen LogP contribution >= 0.6 is 0 Å². The molecule has 0 spiro atoms. The van der Waals surface area contributed by atoms with Gasteiger partial charge >= 0.3 is 11.7 Å². The van der Waals surface area contributed by atoms with Gasteiger partial charge in [-0.3, -0.25) is 19.1 Å². The number of aliphatic hydroxyl groups is 3. The number of hydrogen-bond donors (Lipinski definition) is 6. The Morgan fingerprint density at radius 1 is 1.25 bits per heavy atom. The largest absolute Gasteiger partial charge is 0.475 e. The van der Waals surface area contributed by atoms with Crippen molar-refractivity contribution in [3.05, 3.63) is 44.9 Å². The molecule has 32 heavy (non-hydrogen) atoms. The average Bonchev–Trinajstić information content (AvgIpc) is 3.04. The van der Waals surface area contributed by atoms with Gasteiger partial charge in [0.1, 0.15) is 30.5 Å². The Bertz CT molecular complexity index is 1020.